The lowest BCUT2D eigenvalue weighted by atomic mass is 9.81. The van der Waals surface area contributed by atoms with E-state index in [0.717, 1.165) is 29.7 Å². The van der Waals surface area contributed by atoms with Gasteiger partial charge in [-0.2, -0.15) is 0 Å². The highest BCUT2D eigenvalue weighted by Gasteiger charge is 2.55. The second-order valence-corrected chi connectivity index (χ2v) is 7.54. The standard InChI is InChI=1S/C20H28N2O5/c1-14-5-6-15(17(10-14)27-9-8-26-2)11-21-19(25)22-12-16-4-3-7-20(16,13-22)18(23)24/h5-6,10,16H,3-4,7-9,11-13H2,1-2H3,(H,21,25)(H,23,24)/t16-,20+/m0/s1. The average molecular weight is 376 g/mol. The largest absolute Gasteiger partial charge is 0.491 e. The number of amides is 2. The monoisotopic (exact) mass is 376 g/mol. The smallest absolute Gasteiger partial charge is 0.317 e. The number of carboxylic acid groups (broad SMARTS) is 1. The normalized spacial score (nSPS) is 23.9. The van der Waals surface area contributed by atoms with Crippen molar-refractivity contribution in [3.05, 3.63) is 29.3 Å². The van der Waals surface area contributed by atoms with Crippen LogP contribution < -0.4 is 10.1 Å². The fourth-order valence-electron chi connectivity index (χ4n) is 4.25. The zero-order chi connectivity index (χ0) is 19.4. The Bertz CT molecular complexity index is 708. The maximum absolute atomic E-state index is 12.6. The van der Waals surface area contributed by atoms with E-state index in [1.807, 2.05) is 25.1 Å². The highest BCUT2D eigenvalue weighted by Crippen LogP contribution is 2.48. The van der Waals surface area contributed by atoms with Gasteiger partial charge in [-0.1, -0.05) is 18.6 Å². The number of likely N-dealkylation sites (tertiary alicyclic amines) is 1. The first-order chi connectivity index (χ1) is 13.0. The first-order valence-corrected chi connectivity index (χ1v) is 9.44. The lowest BCUT2D eigenvalue weighted by Gasteiger charge is -2.23. The van der Waals surface area contributed by atoms with E-state index < -0.39 is 11.4 Å². The van der Waals surface area contributed by atoms with Crippen molar-refractivity contribution in [3.8, 4) is 5.75 Å². The zero-order valence-electron chi connectivity index (χ0n) is 16.0. The lowest BCUT2D eigenvalue weighted by Crippen LogP contribution is -2.41. The maximum atomic E-state index is 12.6. The van der Waals surface area contributed by atoms with Gasteiger partial charge in [0.2, 0.25) is 0 Å². The molecule has 2 aliphatic rings. The predicted octanol–water partition coefficient (Wildman–Crippen LogP) is 2.42. The van der Waals surface area contributed by atoms with E-state index in [1.54, 1.807) is 12.0 Å². The van der Waals surface area contributed by atoms with Crippen molar-refractivity contribution >= 4 is 12.0 Å². The number of urea groups is 1. The minimum atomic E-state index is -0.771. The van der Waals surface area contributed by atoms with Crippen molar-refractivity contribution in [1.82, 2.24) is 10.2 Å². The molecule has 0 radical (unpaired) electrons. The van der Waals surface area contributed by atoms with Crippen LogP contribution in [0.4, 0.5) is 4.79 Å². The molecular weight excluding hydrogens is 348 g/mol. The summed E-state index contributed by atoms with van der Waals surface area (Å²) in [6, 6.07) is 5.64. The van der Waals surface area contributed by atoms with Gasteiger partial charge in [0.25, 0.3) is 0 Å². The number of carboxylic acids is 1. The number of ether oxygens (including phenoxy) is 2. The van der Waals surface area contributed by atoms with Crippen molar-refractivity contribution in [2.75, 3.05) is 33.4 Å². The molecule has 1 aliphatic heterocycles. The van der Waals surface area contributed by atoms with Crippen LogP contribution in [0.25, 0.3) is 0 Å². The van der Waals surface area contributed by atoms with Crippen molar-refractivity contribution in [1.29, 1.82) is 0 Å². The first kappa shape index (κ1) is 19.5. The molecule has 2 fully saturated rings. The third-order valence-corrected chi connectivity index (χ3v) is 5.78. The Morgan fingerprint density at radius 1 is 1.37 bits per heavy atom. The van der Waals surface area contributed by atoms with E-state index >= 15 is 0 Å². The minimum absolute atomic E-state index is 0.0630. The molecular formula is C20H28N2O5. The van der Waals surface area contributed by atoms with Gasteiger partial charge < -0.3 is 24.8 Å². The van der Waals surface area contributed by atoms with Crippen LogP contribution >= 0.6 is 0 Å². The van der Waals surface area contributed by atoms with Crippen LogP contribution in [0.1, 0.15) is 30.4 Å². The summed E-state index contributed by atoms with van der Waals surface area (Å²) in [5, 5.41) is 12.6. The molecule has 148 valence electrons. The van der Waals surface area contributed by atoms with Crippen molar-refractivity contribution < 1.29 is 24.2 Å². The molecule has 0 aromatic heterocycles. The van der Waals surface area contributed by atoms with Gasteiger partial charge in [-0.25, -0.2) is 4.79 Å². The van der Waals surface area contributed by atoms with E-state index in [1.165, 1.54) is 0 Å². The third kappa shape index (κ3) is 4.03. The summed E-state index contributed by atoms with van der Waals surface area (Å²) < 4.78 is 10.8. The molecule has 0 spiro atoms. The van der Waals surface area contributed by atoms with Crippen molar-refractivity contribution in [2.45, 2.75) is 32.7 Å². The Morgan fingerprint density at radius 2 is 2.19 bits per heavy atom. The number of carbonyl (C=O) groups is 2. The van der Waals surface area contributed by atoms with Gasteiger partial charge in [0.15, 0.2) is 0 Å². The number of aliphatic carboxylic acids is 1. The Balaban J connectivity index is 1.61. The van der Waals surface area contributed by atoms with Crippen LogP contribution in [-0.2, 0) is 16.1 Å². The highest BCUT2D eigenvalue weighted by molar-refractivity contribution is 5.80. The number of carbonyl (C=O) groups excluding carboxylic acids is 1. The van der Waals surface area contributed by atoms with Gasteiger partial charge in [0.1, 0.15) is 12.4 Å². The first-order valence-electron chi connectivity index (χ1n) is 9.44. The second-order valence-electron chi connectivity index (χ2n) is 7.54. The predicted molar refractivity (Wildman–Crippen MR) is 99.8 cm³/mol. The van der Waals surface area contributed by atoms with Gasteiger partial charge in [-0.3, -0.25) is 4.79 Å². The summed E-state index contributed by atoms with van der Waals surface area (Å²) in [5.74, 6) is 0.0216. The molecule has 1 aromatic carbocycles. The minimum Gasteiger partial charge on any atom is -0.491 e. The summed E-state index contributed by atoms with van der Waals surface area (Å²) >= 11 is 0. The van der Waals surface area contributed by atoms with Crippen molar-refractivity contribution in [2.24, 2.45) is 11.3 Å². The van der Waals surface area contributed by atoms with Crippen LogP contribution in [0.5, 0.6) is 5.75 Å². The molecule has 7 heteroatoms. The average Bonchev–Trinajstić information content (AvgIpc) is 3.19. The van der Waals surface area contributed by atoms with Gasteiger partial charge in [0, 0.05) is 32.3 Å². The number of aryl methyl sites for hydroxylation is 1. The number of methoxy groups -OCH3 is 1. The SMILES string of the molecule is COCCOc1cc(C)ccc1CNC(=O)N1C[C@@H]2CCC[C@@]2(C(=O)O)C1. The summed E-state index contributed by atoms with van der Waals surface area (Å²) in [6.45, 7) is 4.07. The number of benzene rings is 1. The topological polar surface area (TPSA) is 88.1 Å². The molecule has 0 unspecified atom stereocenters. The zero-order valence-corrected chi connectivity index (χ0v) is 16.0. The maximum Gasteiger partial charge on any atom is 0.317 e. The van der Waals surface area contributed by atoms with Gasteiger partial charge in [0.05, 0.1) is 12.0 Å². The van der Waals surface area contributed by atoms with E-state index in [9.17, 15) is 14.7 Å². The molecule has 1 aromatic rings. The molecule has 0 bridgehead atoms. The van der Waals surface area contributed by atoms with Gasteiger partial charge in [-0.05, 0) is 37.3 Å². The summed E-state index contributed by atoms with van der Waals surface area (Å²) in [6.07, 6.45) is 2.47. The molecule has 2 amide bonds. The molecule has 7 nitrogen and oxygen atoms in total. The Morgan fingerprint density at radius 3 is 2.89 bits per heavy atom. The number of hydrogen-bond donors (Lipinski definition) is 2. The van der Waals surface area contributed by atoms with Crippen LogP contribution in [0, 0.1) is 18.3 Å². The fraction of sp³-hybridized carbons (Fsp3) is 0.600. The van der Waals surface area contributed by atoms with Crippen LogP contribution in [-0.4, -0.2) is 55.4 Å². The highest BCUT2D eigenvalue weighted by atomic mass is 16.5. The summed E-state index contributed by atoms with van der Waals surface area (Å²) in [4.78, 5) is 26.0. The Hall–Kier alpha value is -2.28. The summed E-state index contributed by atoms with van der Waals surface area (Å²) in [7, 11) is 1.62. The van der Waals surface area contributed by atoms with Gasteiger partial charge in [-0.15, -0.1) is 0 Å². The number of rotatable bonds is 7. The molecule has 2 N–H and O–H groups in total. The molecule has 1 heterocycles. The van der Waals surface area contributed by atoms with Crippen molar-refractivity contribution in [3.63, 3.8) is 0 Å². The molecule has 1 saturated carbocycles. The third-order valence-electron chi connectivity index (χ3n) is 5.78. The second kappa shape index (κ2) is 8.17. The fourth-order valence-corrected chi connectivity index (χ4v) is 4.25. The lowest BCUT2D eigenvalue weighted by molar-refractivity contribution is -0.149. The Labute approximate surface area is 159 Å². The number of nitrogens with zero attached hydrogens (tertiary/aromatic N) is 1. The van der Waals surface area contributed by atoms with Crippen LogP contribution in [0.3, 0.4) is 0 Å². The van der Waals surface area contributed by atoms with E-state index in [4.69, 9.17) is 9.47 Å². The molecule has 2 atom stereocenters. The number of fused-ring (bicyclic) bond motifs is 1. The van der Waals surface area contributed by atoms with Crippen LogP contribution in [0.2, 0.25) is 0 Å². The molecule has 1 aliphatic carbocycles. The number of hydrogen-bond acceptors (Lipinski definition) is 4. The molecule has 3 rings (SSSR count). The van der Waals surface area contributed by atoms with Gasteiger partial charge >= 0.3 is 12.0 Å². The van der Waals surface area contributed by atoms with E-state index in [2.05, 4.69) is 5.32 Å². The summed E-state index contributed by atoms with van der Waals surface area (Å²) in [5.41, 5.74) is 1.21. The van der Waals surface area contributed by atoms with E-state index in [0.29, 0.717) is 39.3 Å². The Kier molecular flexibility index (Phi) is 5.89. The quantitative estimate of drug-likeness (QED) is 0.714. The van der Waals surface area contributed by atoms with E-state index in [-0.39, 0.29) is 11.9 Å². The number of nitrogens with one attached hydrogen (secondary N) is 1. The van der Waals surface area contributed by atoms with Crippen LogP contribution in [0.15, 0.2) is 18.2 Å². The molecule has 27 heavy (non-hydrogen) atoms. The molecule has 1 saturated heterocycles.